The van der Waals surface area contributed by atoms with Crippen molar-refractivity contribution in [1.29, 1.82) is 0 Å². The van der Waals surface area contributed by atoms with E-state index < -0.39 is 0 Å². The fraction of sp³-hybridized carbons (Fsp3) is 0.182. The Labute approximate surface area is 91.7 Å². The van der Waals surface area contributed by atoms with Gasteiger partial charge in [0.1, 0.15) is 17.2 Å². The molecule has 0 fully saturated rings. The summed E-state index contributed by atoms with van der Waals surface area (Å²) < 4.78 is 14.9. The lowest BCUT2D eigenvalue weighted by Crippen LogP contribution is -2.04. The average Bonchev–Trinajstić information content (AvgIpc) is 2.72. The van der Waals surface area contributed by atoms with Crippen molar-refractivity contribution in [3.8, 4) is 5.69 Å². The molecule has 2 rings (SSSR count). The Balaban J connectivity index is 2.60. The molecule has 0 aliphatic carbocycles. The van der Waals surface area contributed by atoms with Crippen LogP contribution >= 0.6 is 0 Å². The summed E-state index contributed by atoms with van der Waals surface area (Å²) in [5.41, 5.74) is 1.17. The number of aldehydes is 1. The van der Waals surface area contributed by atoms with Crippen LogP contribution in [-0.2, 0) is 6.42 Å². The van der Waals surface area contributed by atoms with E-state index in [2.05, 4.69) is 10.3 Å². The smallest absolute Gasteiger partial charge is 0.172 e. The Morgan fingerprint density at radius 3 is 2.81 bits per heavy atom. The van der Waals surface area contributed by atoms with Gasteiger partial charge in [-0.3, -0.25) is 4.79 Å². The van der Waals surface area contributed by atoms with Crippen LogP contribution in [0.3, 0.4) is 0 Å². The Bertz CT molecular complexity index is 522. The van der Waals surface area contributed by atoms with E-state index in [1.165, 1.54) is 10.7 Å². The van der Waals surface area contributed by atoms with Crippen molar-refractivity contribution in [3.63, 3.8) is 0 Å². The van der Waals surface area contributed by atoms with Crippen LogP contribution in [0.4, 0.5) is 4.39 Å². The van der Waals surface area contributed by atoms with Gasteiger partial charge >= 0.3 is 0 Å². The second kappa shape index (κ2) is 4.22. The summed E-state index contributed by atoms with van der Waals surface area (Å²) in [5.74, 6) is -0.389. The molecule has 2 aromatic rings. The van der Waals surface area contributed by atoms with Crippen molar-refractivity contribution in [2.24, 2.45) is 0 Å². The van der Waals surface area contributed by atoms with E-state index in [4.69, 9.17) is 0 Å². The largest absolute Gasteiger partial charge is 0.296 e. The molecule has 1 heterocycles. The van der Waals surface area contributed by atoms with E-state index in [1.807, 2.05) is 6.92 Å². The summed E-state index contributed by atoms with van der Waals surface area (Å²) in [6.07, 6.45) is 1.19. The zero-order chi connectivity index (χ0) is 11.5. The molecule has 16 heavy (non-hydrogen) atoms. The highest BCUT2D eigenvalue weighted by Crippen LogP contribution is 2.15. The van der Waals surface area contributed by atoms with Crippen molar-refractivity contribution >= 4 is 6.29 Å². The SMILES string of the molecule is CCc1c(C=O)nnn1-c1ccccc1F. The van der Waals surface area contributed by atoms with Crippen molar-refractivity contribution in [2.45, 2.75) is 13.3 Å². The van der Waals surface area contributed by atoms with Crippen LogP contribution in [0.1, 0.15) is 23.1 Å². The Morgan fingerprint density at radius 2 is 2.19 bits per heavy atom. The summed E-state index contributed by atoms with van der Waals surface area (Å²) in [6.45, 7) is 1.86. The predicted octanol–water partition coefficient (Wildman–Crippen LogP) is 1.78. The number of halogens is 1. The van der Waals surface area contributed by atoms with Crippen molar-refractivity contribution in [1.82, 2.24) is 15.0 Å². The second-order valence-electron chi connectivity index (χ2n) is 3.26. The third-order valence-corrected chi connectivity index (χ3v) is 2.32. The third-order valence-electron chi connectivity index (χ3n) is 2.32. The highest BCUT2D eigenvalue weighted by Gasteiger charge is 2.13. The molecule has 5 heteroatoms. The number of benzene rings is 1. The molecule has 1 aromatic carbocycles. The number of rotatable bonds is 3. The van der Waals surface area contributed by atoms with Crippen molar-refractivity contribution in [3.05, 3.63) is 41.5 Å². The Morgan fingerprint density at radius 1 is 1.44 bits per heavy atom. The van der Waals surface area contributed by atoms with Gasteiger partial charge in [0, 0.05) is 0 Å². The lowest BCUT2D eigenvalue weighted by molar-refractivity contribution is 0.111. The van der Waals surface area contributed by atoms with Gasteiger partial charge in [0.25, 0.3) is 0 Å². The molecule has 0 N–H and O–H groups in total. The van der Waals surface area contributed by atoms with Crippen molar-refractivity contribution in [2.75, 3.05) is 0 Å². The Kier molecular flexibility index (Phi) is 2.76. The maximum Gasteiger partial charge on any atom is 0.172 e. The highest BCUT2D eigenvalue weighted by atomic mass is 19.1. The predicted molar refractivity (Wildman–Crippen MR) is 56.1 cm³/mol. The number of carbonyl (C=O) groups excluding carboxylic acids is 1. The van der Waals surface area contributed by atoms with Crippen LogP contribution in [0.25, 0.3) is 5.69 Å². The molecule has 0 spiro atoms. The lowest BCUT2D eigenvalue weighted by atomic mass is 10.2. The number of carbonyl (C=O) groups is 1. The Hall–Kier alpha value is -2.04. The zero-order valence-corrected chi connectivity index (χ0v) is 8.72. The van der Waals surface area contributed by atoms with Gasteiger partial charge < -0.3 is 0 Å². The number of nitrogens with zero attached hydrogens (tertiary/aromatic N) is 3. The van der Waals surface area contributed by atoms with Crippen LogP contribution in [0.2, 0.25) is 0 Å². The van der Waals surface area contributed by atoms with Gasteiger partial charge in [0.15, 0.2) is 6.29 Å². The number of para-hydroxylation sites is 1. The fourth-order valence-corrected chi connectivity index (χ4v) is 1.55. The topological polar surface area (TPSA) is 47.8 Å². The molecule has 0 unspecified atom stereocenters. The first-order valence-corrected chi connectivity index (χ1v) is 4.92. The number of aromatic nitrogens is 3. The molecule has 0 radical (unpaired) electrons. The van der Waals surface area contributed by atoms with Crippen LogP contribution in [-0.4, -0.2) is 21.3 Å². The second-order valence-corrected chi connectivity index (χ2v) is 3.26. The first-order chi connectivity index (χ1) is 7.77. The standard InChI is InChI=1S/C11H10FN3O/c1-2-10-9(7-16)13-14-15(10)11-6-4-3-5-8(11)12/h3-7H,2H2,1H3. The molecular weight excluding hydrogens is 209 g/mol. The monoisotopic (exact) mass is 219 g/mol. The summed E-state index contributed by atoms with van der Waals surface area (Å²) >= 11 is 0. The summed E-state index contributed by atoms with van der Waals surface area (Å²) in [6, 6.07) is 6.25. The highest BCUT2D eigenvalue weighted by molar-refractivity contribution is 5.73. The molecule has 0 bridgehead atoms. The molecular formula is C11H10FN3O. The summed E-state index contributed by atoms with van der Waals surface area (Å²) in [5, 5.41) is 7.49. The van der Waals surface area contributed by atoms with E-state index in [0.29, 0.717) is 24.1 Å². The van der Waals surface area contributed by atoms with Gasteiger partial charge in [-0.15, -0.1) is 5.10 Å². The van der Waals surface area contributed by atoms with E-state index in [-0.39, 0.29) is 11.5 Å². The maximum atomic E-state index is 13.5. The molecule has 0 saturated heterocycles. The lowest BCUT2D eigenvalue weighted by Gasteiger charge is -2.05. The van der Waals surface area contributed by atoms with Crippen LogP contribution in [0.15, 0.2) is 24.3 Å². The third kappa shape index (κ3) is 1.60. The van der Waals surface area contributed by atoms with Crippen molar-refractivity contribution < 1.29 is 9.18 Å². The molecule has 82 valence electrons. The van der Waals surface area contributed by atoms with E-state index >= 15 is 0 Å². The van der Waals surface area contributed by atoms with Crippen LogP contribution < -0.4 is 0 Å². The molecule has 1 aromatic heterocycles. The molecule has 0 saturated carbocycles. The minimum Gasteiger partial charge on any atom is -0.296 e. The normalized spacial score (nSPS) is 10.4. The van der Waals surface area contributed by atoms with E-state index in [9.17, 15) is 9.18 Å². The molecule has 0 aliphatic heterocycles. The van der Waals surface area contributed by atoms with Gasteiger partial charge in [-0.05, 0) is 18.6 Å². The van der Waals surface area contributed by atoms with Gasteiger partial charge in [0.2, 0.25) is 0 Å². The first-order valence-electron chi connectivity index (χ1n) is 4.92. The number of hydrogen-bond donors (Lipinski definition) is 0. The average molecular weight is 219 g/mol. The fourth-order valence-electron chi connectivity index (χ4n) is 1.55. The molecule has 0 amide bonds. The minimum absolute atomic E-state index is 0.255. The molecule has 0 atom stereocenters. The van der Waals surface area contributed by atoms with E-state index in [0.717, 1.165) is 0 Å². The van der Waals surface area contributed by atoms with Crippen LogP contribution in [0, 0.1) is 5.82 Å². The van der Waals surface area contributed by atoms with Crippen LogP contribution in [0.5, 0.6) is 0 Å². The quantitative estimate of drug-likeness (QED) is 0.739. The van der Waals surface area contributed by atoms with Gasteiger partial charge in [-0.25, -0.2) is 9.07 Å². The minimum atomic E-state index is -0.389. The first kappa shape index (κ1) is 10.5. The number of hydrogen-bond acceptors (Lipinski definition) is 3. The summed E-state index contributed by atoms with van der Waals surface area (Å²) in [4.78, 5) is 10.7. The molecule has 0 aliphatic rings. The molecule has 4 nitrogen and oxygen atoms in total. The summed E-state index contributed by atoms with van der Waals surface area (Å²) in [7, 11) is 0. The van der Waals surface area contributed by atoms with Gasteiger partial charge in [-0.2, -0.15) is 0 Å². The zero-order valence-electron chi connectivity index (χ0n) is 8.72. The maximum absolute atomic E-state index is 13.5. The van der Waals surface area contributed by atoms with Gasteiger partial charge in [0.05, 0.1) is 5.69 Å². The van der Waals surface area contributed by atoms with E-state index in [1.54, 1.807) is 18.2 Å². The van der Waals surface area contributed by atoms with Gasteiger partial charge in [-0.1, -0.05) is 24.3 Å².